The highest BCUT2D eigenvalue weighted by Crippen LogP contribution is 2.20. The molecule has 19 heavy (non-hydrogen) atoms. The molecule has 0 spiro atoms. The lowest BCUT2D eigenvalue weighted by atomic mass is 9.77. The number of carbonyl (C=O) groups is 1. The molecule has 3 rings (SSSR count). The first-order valence-electron chi connectivity index (χ1n) is 5.59. The molecule has 1 aromatic heterocycles. The highest BCUT2D eigenvalue weighted by atomic mass is 32.1. The Labute approximate surface area is 113 Å². The summed E-state index contributed by atoms with van der Waals surface area (Å²) in [5, 5.41) is 25.2. The summed E-state index contributed by atoms with van der Waals surface area (Å²) in [6.45, 7) is 0. The fraction of sp³-hybridized carbons (Fsp3) is 0. The average molecular weight is 272 g/mol. The summed E-state index contributed by atoms with van der Waals surface area (Å²) in [6, 6.07) is 8.14. The van der Waals surface area contributed by atoms with E-state index in [0.29, 0.717) is 5.69 Å². The van der Waals surface area contributed by atoms with Crippen LogP contribution >= 0.6 is 11.3 Å². The Morgan fingerprint density at radius 2 is 2.00 bits per heavy atom. The molecule has 0 unspecified atom stereocenters. The minimum absolute atomic E-state index is 0.205. The second-order valence-electron chi connectivity index (χ2n) is 4.06. The van der Waals surface area contributed by atoms with Crippen LogP contribution in [-0.2, 0) is 0 Å². The molecule has 0 radical (unpaired) electrons. The van der Waals surface area contributed by atoms with Gasteiger partial charge in [0.25, 0.3) is 0 Å². The third kappa shape index (κ3) is 2.03. The van der Waals surface area contributed by atoms with Crippen molar-refractivity contribution in [2.24, 2.45) is 5.10 Å². The van der Waals surface area contributed by atoms with Gasteiger partial charge in [-0.25, -0.2) is 4.79 Å². The lowest BCUT2D eigenvalue weighted by Crippen LogP contribution is -2.48. The molecule has 7 heteroatoms. The normalized spacial score (nSPS) is 13.5. The highest BCUT2D eigenvalue weighted by Gasteiger charge is 2.31. The molecule has 94 valence electrons. The van der Waals surface area contributed by atoms with E-state index >= 15 is 0 Å². The van der Waals surface area contributed by atoms with Crippen LogP contribution in [0.25, 0.3) is 0 Å². The molecule has 1 aliphatic heterocycles. The van der Waals surface area contributed by atoms with Crippen molar-refractivity contribution in [3.05, 3.63) is 46.8 Å². The summed E-state index contributed by atoms with van der Waals surface area (Å²) in [4.78, 5) is 12.3. The number of aromatic carboxylic acids is 1. The van der Waals surface area contributed by atoms with Crippen LogP contribution in [0.2, 0.25) is 0 Å². The number of hydrazone groups is 1. The first kappa shape index (κ1) is 11.9. The maximum atomic E-state index is 10.8. The number of benzene rings is 1. The van der Waals surface area contributed by atoms with Gasteiger partial charge in [-0.2, -0.15) is 16.4 Å². The summed E-state index contributed by atoms with van der Waals surface area (Å²) < 4.78 is 0.831. The number of fused-ring (bicyclic) bond motifs is 1. The fourth-order valence-electron chi connectivity index (χ4n) is 1.91. The van der Waals surface area contributed by atoms with Gasteiger partial charge >= 0.3 is 13.0 Å². The molecular weight excluding hydrogens is 263 g/mol. The van der Waals surface area contributed by atoms with Crippen molar-refractivity contribution in [2.75, 3.05) is 4.92 Å². The highest BCUT2D eigenvalue weighted by molar-refractivity contribution is 7.22. The van der Waals surface area contributed by atoms with E-state index in [4.69, 9.17) is 5.11 Å². The largest absolute Gasteiger partial charge is 0.482 e. The van der Waals surface area contributed by atoms with E-state index in [1.54, 1.807) is 18.3 Å². The van der Waals surface area contributed by atoms with E-state index in [1.165, 1.54) is 28.4 Å². The molecule has 0 amide bonds. The molecule has 2 N–H and O–H groups in total. The monoisotopic (exact) mass is 272 g/mol. The van der Waals surface area contributed by atoms with E-state index in [0.717, 1.165) is 10.3 Å². The number of hydrogen-bond donors (Lipinski definition) is 2. The minimum Gasteiger partial charge on any atom is -0.478 e. The van der Waals surface area contributed by atoms with E-state index in [-0.39, 0.29) is 5.56 Å². The van der Waals surface area contributed by atoms with Crippen LogP contribution < -0.4 is 9.70 Å². The molecule has 2 aromatic rings. The maximum Gasteiger partial charge on any atom is 0.482 e. The Kier molecular flexibility index (Phi) is 2.85. The average Bonchev–Trinajstić information content (AvgIpc) is 2.88. The molecule has 0 saturated heterocycles. The summed E-state index contributed by atoms with van der Waals surface area (Å²) >= 11 is 1.46. The van der Waals surface area contributed by atoms with Crippen molar-refractivity contribution in [3.63, 3.8) is 0 Å². The Morgan fingerprint density at radius 3 is 2.68 bits per heavy atom. The van der Waals surface area contributed by atoms with E-state index in [1.807, 2.05) is 11.4 Å². The Balaban J connectivity index is 1.93. The van der Waals surface area contributed by atoms with Gasteiger partial charge in [-0.05, 0) is 35.7 Å². The minimum atomic E-state index is -0.977. The van der Waals surface area contributed by atoms with Crippen molar-refractivity contribution in [3.8, 4) is 0 Å². The third-order valence-electron chi connectivity index (χ3n) is 2.89. The predicted octanol–water partition coefficient (Wildman–Crippen LogP) is 0.988. The number of thiophene rings is 1. The van der Waals surface area contributed by atoms with Crippen molar-refractivity contribution in [1.82, 2.24) is 0 Å². The maximum absolute atomic E-state index is 10.8. The van der Waals surface area contributed by atoms with Gasteiger partial charge in [-0.15, -0.1) is 0 Å². The Hall–Kier alpha value is -2.12. The van der Waals surface area contributed by atoms with Crippen molar-refractivity contribution in [1.29, 1.82) is 0 Å². The van der Waals surface area contributed by atoms with Crippen LogP contribution in [0.1, 0.15) is 15.9 Å². The molecule has 0 bridgehead atoms. The summed E-state index contributed by atoms with van der Waals surface area (Å²) in [5.41, 5.74) is 1.76. The van der Waals surface area contributed by atoms with Gasteiger partial charge in [-0.3, -0.25) is 4.92 Å². The molecule has 1 aliphatic rings. The first-order chi connectivity index (χ1) is 9.16. The zero-order chi connectivity index (χ0) is 13.4. The fourth-order valence-corrected chi connectivity index (χ4v) is 2.75. The number of carboxylic acid groups (broad SMARTS) is 1. The molecule has 0 atom stereocenters. The van der Waals surface area contributed by atoms with Crippen molar-refractivity contribution >= 4 is 41.0 Å². The predicted molar refractivity (Wildman–Crippen MR) is 75.4 cm³/mol. The van der Waals surface area contributed by atoms with Gasteiger partial charge in [0.2, 0.25) is 0 Å². The third-order valence-corrected chi connectivity index (χ3v) is 3.87. The summed E-state index contributed by atoms with van der Waals surface area (Å²) in [7, 11) is -0.837. The molecule has 1 aromatic carbocycles. The van der Waals surface area contributed by atoms with E-state index in [2.05, 4.69) is 5.10 Å². The second kappa shape index (κ2) is 4.53. The number of nitrogens with zero attached hydrogens (tertiary/aromatic N) is 2. The zero-order valence-electron chi connectivity index (χ0n) is 9.72. The lowest BCUT2D eigenvalue weighted by Gasteiger charge is -2.24. The van der Waals surface area contributed by atoms with Crippen LogP contribution in [0.3, 0.4) is 0 Å². The topological polar surface area (TPSA) is 73.1 Å². The molecular formula is C12H9BN2O3S. The van der Waals surface area contributed by atoms with Gasteiger partial charge < -0.3 is 10.1 Å². The number of hydrogen-bond acceptors (Lipinski definition) is 5. The van der Waals surface area contributed by atoms with E-state index < -0.39 is 13.0 Å². The van der Waals surface area contributed by atoms with Crippen LogP contribution in [0, 0.1) is 0 Å². The van der Waals surface area contributed by atoms with Gasteiger partial charge in [0.15, 0.2) is 0 Å². The van der Waals surface area contributed by atoms with Crippen LogP contribution in [0.4, 0.5) is 5.69 Å². The van der Waals surface area contributed by atoms with Crippen molar-refractivity contribution < 1.29 is 14.9 Å². The second-order valence-corrected chi connectivity index (χ2v) is 5.00. The van der Waals surface area contributed by atoms with Gasteiger partial charge in [0, 0.05) is 16.0 Å². The van der Waals surface area contributed by atoms with Crippen LogP contribution in [0.15, 0.2) is 40.8 Å². The first-order valence-corrected chi connectivity index (χ1v) is 6.47. The number of rotatable bonds is 2. The van der Waals surface area contributed by atoms with Crippen LogP contribution in [0.5, 0.6) is 0 Å². The zero-order valence-corrected chi connectivity index (χ0v) is 10.5. The quantitative estimate of drug-likeness (QED) is 0.799. The molecule has 2 heterocycles. The van der Waals surface area contributed by atoms with E-state index in [9.17, 15) is 9.82 Å². The van der Waals surface area contributed by atoms with Crippen molar-refractivity contribution in [2.45, 2.75) is 0 Å². The van der Waals surface area contributed by atoms with Gasteiger partial charge in [-0.1, -0.05) is 0 Å². The number of anilines is 1. The smallest absolute Gasteiger partial charge is 0.478 e. The molecule has 5 nitrogen and oxygen atoms in total. The molecule has 0 saturated carbocycles. The molecule has 0 fully saturated rings. The van der Waals surface area contributed by atoms with Gasteiger partial charge in [0.05, 0.1) is 11.8 Å². The van der Waals surface area contributed by atoms with Gasteiger partial charge in [0.1, 0.15) is 0 Å². The molecule has 0 aliphatic carbocycles. The summed E-state index contributed by atoms with van der Waals surface area (Å²) in [6.07, 6.45) is 1.68. The summed E-state index contributed by atoms with van der Waals surface area (Å²) in [5.74, 6) is -0.977. The standard InChI is InChI=1S/C12H9BN2O3S/c16-12(17)8-1-3-10(4-2-8)15-13(18)11-9(7-14-15)5-6-19-11/h1-7,18H,(H,16,17). The SMILES string of the molecule is O=C(O)c1ccc(N2N=Cc3ccsc3B2O)cc1. The Morgan fingerprint density at radius 1 is 1.26 bits per heavy atom. The number of carboxylic acids is 1. The lowest BCUT2D eigenvalue weighted by molar-refractivity contribution is 0.0697. The van der Waals surface area contributed by atoms with Crippen LogP contribution in [-0.4, -0.2) is 29.4 Å². The Bertz CT molecular complexity index is 653.